The molecule has 1 saturated carbocycles. The Hall–Kier alpha value is -4.48. The van der Waals surface area contributed by atoms with Gasteiger partial charge < -0.3 is 31.3 Å². The zero-order valence-corrected chi connectivity index (χ0v) is 21.0. The van der Waals surface area contributed by atoms with Gasteiger partial charge in [0, 0.05) is 11.5 Å². The van der Waals surface area contributed by atoms with Gasteiger partial charge >= 0.3 is 5.97 Å². The van der Waals surface area contributed by atoms with E-state index in [-0.39, 0.29) is 42.7 Å². The van der Waals surface area contributed by atoms with E-state index in [0.717, 1.165) is 0 Å². The average Bonchev–Trinajstić information content (AvgIpc) is 2.86. The van der Waals surface area contributed by atoms with Crippen molar-refractivity contribution in [3.8, 4) is 16.9 Å². The van der Waals surface area contributed by atoms with Crippen molar-refractivity contribution in [2.24, 2.45) is 17.6 Å². The molecule has 5 rings (SSSR count). The highest BCUT2D eigenvalue weighted by Gasteiger charge is 2.64. The summed E-state index contributed by atoms with van der Waals surface area (Å²) in [6.07, 6.45) is 0.0472. The Morgan fingerprint density at radius 1 is 1.07 bits per heavy atom. The molecule has 2 aromatic rings. The standard InChI is InChI=1S/C28H26N2O9.CH4/c1-30(2)21-16-10-13-9-15-14(11-4-3-5-12(8-11)27(37)38)6-7-17(31)19(15)22(32)18(13)24(34)28(16,39)25(35)20(23(21)33)26(29)36;/h3-8,13,16,21,31-32,35,39H,9-10H2,1-2H3,(H2,29,36)(H,37,38);1H4/t13-,16-,21-,28-;/m0./s1. The Morgan fingerprint density at radius 2 is 1.75 bits per heavy atom. The highest BCUT2D eigenvalue weighted by atomic mass is 16.4. The summed E-state index contributed by atoms with van der Waals surface area (Å²) in [6.45, 7) is 0. The van der Waals surface area contributed by atoms with Gasteiger partial charge in [-0.05, 0) is 67.7 Å². The molecular weight excluding hydrogens is 520 g/mol. The number of amides is 1. The number of fused-ring (bicyclic) bond motifs is 3. The number of primary amides is 1. The number of carbonyl (C=O) groups excluding carboxylic acids is 3. The van der Waals surface area contributed by atoms with E-state index in [1.54, 1.807) is 18.2 Å². The number of Topliss-reactive ketones (excluding diaryl/α,β-unsaturated/α-hetero) is 2. The molecule has 0 bridgehead atoms. The van der Waals surface area contributed by atoms with Crippen molar-refractivity contribution >= 4 is 29.2 Å². The average molecular weight is 551 g/mol. The van der Waals surface area contributed by atoms with Gasteiger partial charge in [-0.15, -0.1) is 0 Å². The fourth-order valence-corrected chi connectivity index (χ4v) is 6.33. The molecule has 0 unspecified atom stereocenters. The van der Waals surface area contributed by atoms with E-state index in [2.05, 4.69) is 0 Å². The number of hydrogen-bond donors (Lipinski definition) is 6. The lowest BCUT2D eigenvalue weighted by Crippen LogP contribution is -2.65. The number of aliphatic hydroxyl groups excluding tert-OH is 2. The summed E-state index contributed by atoms with van der Waals surface area (Å²) in [7, 11) is 3.05. The Labute approximate surface area is 229 Å². The first-order valence-electron chi connectivity index (χ1n) is 12.1. The highest BCUT2D eigenvalue weighted by molar-refractivity contribution is 6.24. The van der Waals surface area contributed by atoms with Crippen molar-refractivity contribution in [1.82, 2.24) is 4.90 Å². The maximum absolute atomic E-state index is 13.9. The Balaban J connectivity index is 0.00000370. The number of carboxylic acids is 1. The van der Waals surface area contributed by atoms with Crippen LogP contribution in [-0.2, 0) is 20.8 Å². The zero-order chi connectivity index (χ0) is 28.5. The van der Waals surface area contributed by atoms with E-state index >= 15 is 0 Å². The van der Waals surface area contributed by atoms with Gasteiger partial charge in [0.2, 0.25) is 5.78 Å². The number of carbonyl (C=O) groups is 4. The number of aromatic hydroxyl groups is 1. The summed E-state index contributed by atoms with van der Waals surface area (Å²) in [5.41, 5.74) is 2.93. The summed E-state index contributed by atoms with van der Waals surface area (Å²) in [5.74, 6) is -8.40. The predicted molar refractivity (Wildman–Crippen MR) is 143 cm³/mol. The summed E-state index contributed by atoms with van der Waals surface area (Å²) >= 11 is 0. The van der Waals surface area contributed by atoms with Gasteiger partial charge in [0.05, 0.1) is 17.2 Å². The Morgan fingerprint density at radius 3 is 2.35 bits per heavy atom. The molecule has 11 nitrogen and oxygen atoms in total. The number of phenols is 1. The molecule has 7 N–H and O–H groups in total. The van der Waals surface area contributed by atoms with Crippen LogP contribution in [0.1, 0.15) is 35.3 Å². The maximum atomic E-state index is 13.9. The monoisotopic (exact) mass is 550 g/mol. The van der Waals surface area contributed by atoms with Crippen molar-refractivity contribution in [3.05, 3.63) is 70.0 Å². The van der Waals surface area contributed by atoms with Gasteiger partial charge in [0.15, 0.2) is 11.4 Å². The number of aromatic carboxylic acids is 1. The van der Waals surface area contributed by atoms with E-state index in [1.165, 1.54) is 37.2 Å². The molecule has 0 spiro atoms. The second kappa shape index (κ2) is 9.61. The maximum Gasteiger partial charge on any atom is 0.335 e. The van der Waals surface area contributed by atoms with Gasteiger partial charge in [0.1, 0.15) is 22.8 Å². The molecule has 0 heterocycles. The van der Waals surface area contributed by atoms with Crippen LogP contribution in [0.3, 0.4) is 0 Å². The van der Waals surface area contributed by atoms with Gasteiger partial charge in [-0.2, -0.15) is 0 Å². The molecule has 11 heteroatoms. The highest BCUT2D eigenvalue weighted by Crippen LogP contribution is 2.53. The van der Waals surface area contributed by atoms with E-state index < -0.39 is 64.0 Å². The molecular formula is C29H30N2O9. The van der Waals surface area contributed by atoms with Gasteiger partial charge in [-0.3, -0.25) is 19.3 Å². The number of rotatable bonds is 4. The van der Waals surface area contributed by atoms with Crippen molar-refractivity contribution in [2.75, 3.05) is 14.1 Å². The van der Waals surface area contributed by atoms with Crippen LogP contribution >= 0.6 is 0 Å². The van der Waals surface area contributed by atoms with E-state index in [9.17, 15) is 44.7 Å². The largest absolute Gasteiger partial charge is 0.508 e. The van der Waals surface area contributed by atoms with Gasteiger partial charge in [0.25, 0.3) is 5.91 Å². The lowest BCUT2D eigenvalue weighted by atomic mass is 9.57. The number of benzene rings is 2. The van der Waals surface area contributed by atoms with Gasteiger partial charge in [-0.1, -0.05) is 25.6 Å². The van der Waals surface area contributed by atoms with E-state index in [0.29, 0.717) is 16.7 Å². The molecule has 0 saturated heterocycles. The van der Waals surface area contributed by atoms with E-state index in [1.807, 2.05) is 0 Å². The first-order valence-corrected chi connectivity index (χ1v) is 12.1. The van der Waals surface area contributed by atoms with Crippen LogP contribution in [0, 0.1) is 11.8 Å². The fraction of sp³-hybridized carbons (Fsp3) is 0.310. The smallest absolute Gasteiger partial charge is 0.335 e. The topological polar surface area (TPSA) is 199 Å². The van der Waals surface area contributed by atoms with Crippen molar-refractivity contribution in [2.45, 2.75) is 31.9 Å². The molecule has 40 heavy (non-hydrogen) atoms. The Kier molecular flexibility index (Phi) is 6.86. The lowest BCUT2D eigenvalue weighted by molar-refractivity contribution is -0.153. The molecule has 210 valence electrons. The Bertz CT molecular complexity index is 1550. The first-order chi connectivity index (χ1) is 18.3. The second-order valence-corrected chi connectivity index (χ2v) is 10.3. The van der Waals surface area contributed by atoms with Crippen LogP contribution in [-0.4, -0.2) is 79.6 Å². The number of nitrogens with zero attached hydrogens (tertiary/aromatic N) is 1. The molecule has 0 aliphatic heterocycles. The number of aliphatic hydroxyl groups is 3. The second-order valence-electron chi connectivity index (χ2n) is 10.3. The number of carboxylic acid groups (broad SMARTS) is 1. The third-order valence-corrected chi connectivity index (χ3v) is 8.02. The minimum Gasteiger partial charge on any atom is -0.508 e. The van der Waals surface area contributed by atoms with Crippen LogP contribution in [0.15, 0.2) is 53.3 Å². The lowest BCUT2D eigenvalue weighted by Gasteiger charge is -2.50. The fourth-order valence-electron chi connectivity index (χ4n) is 6.33. The molecule has 3 aliphatic carbocycles. The summed E-state index contributed by atoms with van der Waals surface area (Å²) < 4.78 is 0. The number of ketones is 2. The third kappa shape index (κ3) is 3.81. The number of phenolic OH excluding ortho intramolecular Hbond substituents is 1. The van der Waals surface area contributed by atoms with Crippen molar-refractivity contribution < 1.29 is 44.7 Å². The summed E-state index contributed by atoms with van der Waals surface area (Å²) in [4.78, 5) is 52.1. The third-order valence-electron chi connectivity index (χ3n) is 8.02. The van der Waals surface area contributed by atoms with E-state index in [4.69, 9.17) is 5.73 Å². The van der Waals surface area contributed by atoms with Crippen LogP contribution in [0.25, 0.3) is 16.9 Å². The first kappa shape index (κ1) is 28.5. The van der Waals surface area contributed by atoms with Crippen LogP contribution in [0.4, 0.5) is 0 Å². The molecule has 0 radical (unpaired) electrons. The number of likely N-dealkylation sites (N-methyl/N-ethyl adjacent to an activating group) is 1. The number of hydrogen-bond acceptors (Lipinski definition) is 9. The summed E-state index contributed by atoms with van der Waals surface area (Å²) in [6, 6.07) is 7.81. The summed E-state index contributed by atoms with van der Waals surface area (Å²) in [5, 5.41) is 54.0. The van der Waals surface area contributed by atoms with Gasteiger partial charge in [-0.25, -0.2) is 4.79 Å². The van der Waals surface area contributed by atoms with Crippen LogP contribution in [0.2, 0.25) is 0 Å². The minimum absolute atomic E-state index is 0. The van der Waals surface area contributed by atoms with Crippen molar-refractivity contribution in [3.63, 3.8) is 0 Å². The van der Waals surface area contributed by atoms with Crippen LogP contribution in [0.5, 0.6) is 5.75 Å². The molecule has 1 fully saturated rings. The predicted octanol–water partition coefficient (Wildman–Crippen LogP) is 1.97. The minimum atomic E-state index is -2.71. The molecule has 4 atom stereocenters. The SMILES string of the molecule is C.CN(C)[C@@H]1C(=O)C(C(N)=O)=C(O)[C@@]2(O)C(=O)C3=C(O)c4c(O)ccc(-c5cccc(C(=O)O)c5)c4C[C@H]3C[C@@H]12. The molecule has 2 aromatic carbocycles. The van der Waals surface area contributed by atoms with Crippen molar-refractivity contribution in [1.29, 1.82) is 0 Å². The quantitative estimate of drug-likeness (QED) is 0.306. The molecule has 0 aromatic heterocycles. The zero-order valence-electron chi connectivity index (χ0n) is 21.0. The van der Waals surface area contributed by atoms with Crippen LogP contribution < -0.4 is 5.73 Å². The number of nitrogens with two attached hydrogens (primary N) is 1. The normalized spacial score (nSPS) is 25.6. The molecule has 1 amide bonds. The molecule has 3 aliphatic rings.